The van der Waals surface area contributed by atoms with Gasteiger partial charge in [0, 0.05) is 30.5 Å². The van der Waals surface area contributed by atoms with E-state index in [1.54, 1.807) is 7.11 Å². The van der Waals surface area contributed by atoms with Gasteiger partial charge >= 0.3 is 6.09 Å². The molecule has 3 rings (SSSR count). The molecule has 1 heterocycles. The molecule has 6 nitrogen and oxygen atoms in total. The number of ether oxygens (including phenoxy) is 1. The molecule has 0 spiro atoms. The van der Waals surface area contributed by atoms with Crippen LogP contribution < -0.4 is 4.74 Å². The minimum atomic E-state index is -1.05. The minimum absolute atomic E-state index is 0.0555. The Morgan fingerprint density at radius 2 is 1.74 bits per heavy atom. The van der Waals surface area contributed by atoms with Gasteiger partial charge in [-0.2, -0.15) is 0 Å². The molecule has 1 saturated heterocycles. The van der Waals surface area contributed by atoms with Gasteiger partial charge in [-0.1, -0.05) is 57.6 Å². The summed E-state index contributed by atoms with van der Waals surface area (Å²) in [6.07, 6.45) is 10.6. The predicted octanol–water partition coefficient (Wildman–Crippen LogP) is 6.37. The first-order chi connectivity index (χ1) is 16.6. The third-order valence-electron chi connectivity index (χ3n) is 8.19. The van der Waals surface area contributed by atoms with E-state index in [2.05, 4.69) is 6.92 Å². The average molecular weight is 487 g/mol. The Bertz CT molecular complexity index is 833. The smallest absolute Gasteiger partial charge is 0.408 e. The van der Waals surface area contributed by atoms with Crippen molar-refractivity contribution in [2.24, 2.45) is 11.3 Å². The first-order valence-electron chi connectivity index (χ1n) is 13.6. The summed E-state index contributed by atoms with van der Waals surface area (Å²) in [4.78, 5) is 29.7. The van der Waals surface area contributed by atoms with Crippen molar-refractivity contribution >= 4 is 12.0 Å². The Balaban J connectivity index is 1.82. The van der Waals surface area contributed by atoms with Gasteiger partial charge < -0.3 is 14.7 Å². The molecule has 196 valence electrons. The zero-order chi connectivity index (χ0) is 25.6. The summed E-state index contributed by atoms with van der Waals surface area (Å²) in [6.45, 7) is 9.38. The Kier molecular flexibility index (Phi) is 9.11. The van der Waals surface area contributed by atoms with Crippen LogP contribution in [0.25, 0.3) is 0 Å². The van der Waals surface area contributed by atoms with Gasteiger partial charge in [0.05, 0.1) is 7.11 Å². The molecule has 1 N–H and O–H groups in total. The van der Waals surface area contributed by atoms with E-state index in [0.29, 0.717) is 12.3 Å². The van der Waals surface area contributed by atoms with Crippen LogP contribution in [0.5, 0.6) is 5.75 Å². The van der Waals surface area contributed by atoms with Crippen molar-refractivity contribution < 1.29 is 19.4 Å². The Labute approximate surface area is 212 Å². The molecule has 1 atom stereocenters. The standard InChI is InChI=1S/C29H46N2O4/c1-6-7-11-18-29(23-12-9-8-10-13-23)20-30(21-29)26(32)25(31(27(33)34)28(2,3)4)19-22-14-16-24(35-5)17-15-22/h14-17,23,25H,6-13,18-21H2,1-5H3,(H,33,34)/t25-/m1/s1. The van der Waals surface area contributed by atoms with Crippen molar-refractivity contribution in [2.45, 2.75) is 103 Å². The molecule has 0 radical (unpaired) electrons. The molecule has 35 heavy (non-hydrogen) atoms. The van der Waals surface area contributed by atoms with Gasteiger partial charge in [0.25, 0.3) is 0 Å². The molecule has 6 heteroatoms. The van der Waals surface area contributed by atoms with Crippen LogP contribution in [-0.4, -0.2) is 58.7 Å². The monoisotopic (exact) mass is 486 g/mol. The molecule has 1 saturated carbocycles. The van der Waals surface area contributed by atoms with Gasteiger partial charge in [0.2, 0.25) is 5.91 Å². The second-order valence-corrected chi connectivity index (χ2v) is 11.7. The maximum Gasteiger partial charge on any atom is 0.408 e. The van der Waals surface area contributed by atoms with Crippen molar-refractivity contribution in [1.82, 2.24) is 9.80 Å². The normalized spacial score (nSPS) is 19.1. The number of hydrogen-bond donors (Lipinski definition) is 1. The summed E-state index contributed by atoms with van der Waals surface area (Å²) in [5.74, 6) is 1.38. The molecule has 1 aromatic rings. The molecule has 2 aliphatic rings. The quantitative estimate of drug-likeness (QED) is 0.390. The highest BCUT2D eigenvalue weighted by atomic mass is 16.5. The molecule has 0 unspecified atom stereocenters. The molecule has 2 fully saturated rings. The topological polar surface area (TPSA) is 70.1 Å². The predicted molar refractivity (Wildman–Crippen MR) is 140 cm³/mol. The van der Waals surface area contributed by atoms with Crippen LogP contribution >= 0.6 is 0 Å². The number of carboxylic acid groups (broad SMARTS) is 1. The molecule has 0 aromatic heterocycles. The van der Waals surface area contributed by atoms with Gasteiger partial charge in [-0.05, 0) is 63.6 Å². The van der Waals surface area contributed by atoms with Gasteiger partial charge in [0.1, 0.15) is 11.8 Å². The van der Waals surface area contributed by atoms with E-state index in [1.807, 2.05) is 49.9 Å². The molecule has 1 aliphatic carbocycles. The van der Waals surface area contributed by atoms with Gasteiger partial charge in [0.15, 0.2) is 0 Å². The third kappa shape index (κ3) is 6.50. The van der Waals surface area contributed by atoms with Crippen molar-refractivity contribution in [1.29, 1.82) is 0 Å². The zero-order valence-corrected chi connectivity index (χ0v) is 22.5. The van der Waals surface area contributed by atoms with Crippen molar-refractivity contribution in [3.05, 3.63) is 29.8 Å². The molecular formula is C29H46N2O4. The van der Waals surface area contributed by atoms with Gasteiger partial charge in [-0.15, -0.1) is 0 Å². The molecule has 2 amide bonds. The summed E-state index contributed by atoms with van der Waals surface area (Å²) in [5.41, 5.74) is 0.457. The maximum absolute atomic E-state index is 13.9. The summed E-state index contributed by atoms with van der Waals surface area (Å²) in [6, 6.07) is 6.83. The van der Waals surface area contributed by atoms with Gasteiger partial charge in [-0.25, -0.2) is 4.79 Å². The molecule has 1 aromatic carbocycles. The number of likely N-dealkylation sites (tertiary alicyclic amines) is 1. The van der Waals surface area contributed by atoms with Crippen LogP contribution in [-0.2, 0) is 11.2 Å². The zero-order valence-electron chi connectivity index (χ0n) is 22.5. The van der Waals surface area contributed by atoms with E-state index in [9.17, 15) is 14.7 Å². The van der Waals surface area contributed by atoms with Crippen molar-refractivity contribution in [2.75, 3.05) is 20.2 Å². The number of benzene rings is 1. The first-order valence-corrected chi connectivity index (χ1v) is 13.6. The number of hydrogen-bond acceptors (Lipinski definition) is 3. The second-order valence-electron chi connectivity index (χ2n) is 11.7. The van der Waals surface area contributed by atoms with Crippen molar-refractivity contribution in [3.63, 3.8) is 0 Å². The van der Waals surface area contributed by atoms with Gasteiger partial charge in [-0.3, -0.25) is 9.69 Å². The number of unbranched alkanes of at least 4 members (excludes halogenated alkanes) is 2. The summed E-state index contributed by atoms with van der Waals surface area (Å²) in [5, 5.41) is 10.1. The lowest BCUT2D eigenvalue weighted by Crippen LogP contribution is -2.67. The summed E-state index contributed by atoms with van der Waals surface area (Å²) < 4.78 is 5.27. The number of nitrogens with zero attached hydrogens (tertiary/aromatic N) is 2. The van der Waals surface area contributed by atoms with E-state index in [1.165, 1.54) is 62.7 Å². The fraction of sp³-hybridized carbons (Fsp3) is 0.724. The van der Waals surface area contributed by atoms with E-state index in [4.69, 9.17) is 4.74 Å². The average Bonchev–Trinajstić information content (AvgIpc) is 2.80. The number of carbonyl (C=O) groups excluding carboxylic acids is 1. The molecule has 1 aliphatic heterocycles. The Morgan fingerprint density at radius 3 is 2.26 bits per heavy atom. The van der Waals surface area contributed by atoms with Crippen LogP contribution in [0.4, 0.5) is 4.79 Å². The Morgan fingerprint density at radius 1 is 1.11 bits per heavy atom. The SMILES string of the molecule is CCCCCC1(C2CCCCC2)CN(C(=O)[C@@H](Cc2ccc(OC)cc2)N(C(=O)O)C(C)(C)C)C1. The lowest BCUT2D eigenvalue weighted by Gasteiger charge is -2.57. The second kappa shape index (κ2) is 11.7. The highest BCUT2D eigenvalue weighted by Crippen LogP contribution is 2.49. The molecular weight excluding hydrogens is 440 g/mol. The van der Waals surface area contributed by atoms with Crippen LogP contribution in [0.2, 0.25) is 0 Å². The summed E-state index contributed by atoms with van der Waals surface area (Å²) in [7, 11) is 1.62. The number of rotatable bonds is 10. The van der Waals surface area contributed by atoms with E-state index in [0.717, 1.165) is 24.4 Å². The van der Waals surface area contributed by atoms with Crippen LogP contribution in [0, 0.1) is 11.3 Å². The first kappa shape index (κ1) is 27.3. The minimum Gasteiger partial charge on any atom is -0.497 e. The third-order valence-corrected chi connectivity index (χ3v) is 8.19. The largest absolute Gasteiger partial charge is 0.497 e. The lowest BCUT2D eigenvalue weighted by molar-refractivity contribution is -0.156. The number of methoxy groups -OCH3 is 1. The van der Waals surface area contributed by atoms with E-state index >= 15 is 0 Å². The fourth-order valence-corrected chi connectivity index (χ4v) is 6.30. The van der Waals surface area contributed by atoms with Crippen LogP contribution in [0.15, 0.2) is 24.3 Å². The van der Waals surface area contributed by atoms with Crippen LogP contribution in [0.1, 0.15) is 91.0 Å². The van der Waals surface area contributed by atoms with Crippen molar-refractivity contribution in [3.8, 4) is 5.75 Å². The highest BCUT2D eigenvalue weighted by molar-refractivity contribution is 5.87. The fourth-order valence-electron chi connectivity index (χ4n) is 6.30. The number of carbonyl (C=O) groups is 2. The Hall–Kier alpha value is -2.24. The van der Waals surface area contributed by atoms with E-state index in [-0.39, 0.29) is 11.3 Å². The molecule has 0 bridgehead atoms. The highest BCUT2D eigenvalue weighted by Gasteiger charge is 2.52. The van der Waals surface area contributed by atoms with E-state index < -0.39 is 17.7 Å². The van der Waals surface area contributed by atoms with Crippen LogP contribution in [0.3, 0.4) is 0 Å². The lowest BCUT2D eigenvalue weighted by atomic mass is 9.61. The summed E-state index contributed by atoms with van der Waals surface area (Å²) >= 11 is 0. The maximum atomic E-state index is 13.9. The number of amides is 2.